The molecule has 0 saturated heterocycles. The minimum absolute atomic E-state index is 0.315. The summed E-state index contributed by atoms with van der Waals surface area (Å²) < 4.78 is 15.6. The monoisotopic (exact) mass is 374 g/mol. The van der Waals surface area contributed by atoms with E-state index in [-0.39, 0.29) is 5.82 Å². The fourth-order valence-electron chi connectivity index (χ4n) is 2.06. The Kier molecular flexibility index (Phi) is 5.37. The van der Waals surface area contributed by atoms with Gasteiger partial charge in [0.2, 0.25) is 0 Å². The molecule has 0 aliphatic heterocycles. The second kappa shape index (κ2) is 6.87. The molecule has 0 spiro atoms. The van der Waals surface area contributed by atoms with Crippen molar-refractivity contribution in [3.63, 3.8) is 0 Å². The molecule has 2 rings (SSSR count). The maximum atomic E-state index is 13.2. The number of nitrogens with two attached hydrogens (primary N) is 1. The fraction of sp³-hybridized carbons (Fsp3) is 0.357. The van der Waals surface area contributed by atoms with Crippen molar-refractivity contribution in [2.24, 2.45) is 5.73 Å². The van der Waals surface area contributed by atoms with Gasteiger partial charge in [-0.25, -0.2) is 4.39 Å². The van der Waals surface area contributed by atoms with Gasteiger partial charge in [0.15, 0.2) is 0 Å². The summed E-state index contributed by atoms with van der Waals surface area (Å²) >= 11 is 9.57. The molecule has 0 aliphatic rings. The van der Waals surface area contributed by atoms with Crippen LogP contribution in [0.25, 0.3) is 0 Å². The average Bonchev–Trinajstić information content (AvgIpc) is 2.77. The van der Waals surface area contributed by atoms with Gasteiger partial charge in [0.05, 0.1) is 29.5 Å². The first-order valence-corrected chi connectivity index (χ1v) is 7.63. The van der Waals surface area contributed by atoms with E-state index in [1.54, 1.807) is 16.9 Å². The van der Waals surface area contributed by atoms with Crippen LogP contribution in [0.5, 0.6) is 0 Å². The predicted octanol–water partition coefficient (Wildman–Crippen LogP) is 3.05. The van der Waals surface area contributed by atoms with E-state index in [0.29, 0.717) is 16.0 Å². The quantitative estimate of drug-likeness (QED) is 0.874. The van der Waals surface area contributed by atoms with Crippen LogP contribution in [0.3, 0.4) is 0 Å². The van der Waals surface area contributed by atoms with Gasteiger partial charge >= 0.3 is 0 Å². The van der Waals surface area contributed by atoms with Crippen LogP contribution >= 0.6 is 27.5 Å². The zero-order valence-corrected chi connectivity index (χ0v) is 14.2. The number of nitrogens with zero attached hydrogens (tertiary/aromatic N) is 3. The highest BCUT2D eigenvalue weighted by Crippen LogP contribution is 2.31. The lowest BCUT2D eigenvalue weighted by Gasteiger charge is -2.18. The molecule has 0 aliphatic carbocycles. The SMILES string of the molecule is CN(C)CCn1ncc(Cl)c1C(N)c1ccc(F)cc1Br. The van der Waals surface area contributed by atoms with E-state index < -0.39 is 6.04 Å². The Bertz CT molecular complexity index is 629. The summed E-state index contributed by atoms with van der Waals surface area (Å²) in [5, 5.41) is 4.78. The van der Waals surface area contributed by atoms with Gasteiger partial charge < -0.3 is 10.6 Å². The first-order valence-electron chi connectivity index (χ1n) is 6.46. The predicted molar refractivity (Wildman–Crippen MR) is 85.9 cm³/mol. The molecule has 1 unspecified atom stereocenters. The van der Waals surface area contributed by atoms with Crippen LogP contribution in [0.15, 0.2) is 28.9 Å². The third kappa shape index (κ3) is 3.83. The first kappa shape index (κ1) is 16.4. The molecule has 1 atom stereocenters. The molecule has 4 nitrogen and oxygen atoms in total. The van der Waals surface area contributed by atoms with Gasteiger partial charge in [0.1, 0.15) is 5.82 Å². The summed E-state index contributed by atoms with van der Waals surface area (Å²) in [5.74, 6) is -0.315. The lowest BCUT2D eigenvalue weighted by molar-refractivity contribution is 0.368. The Balaban J connectivity index is 2.34. The highest BCUT2D eigenvalue weighted by atomic mass is 79.9. The Morgan fingerprint density at radius 3 is 2.81 bits per heavy atom. The summed E-state index contributed by atoms with van der Waals surface area (Å²) in [5.41, 5.74) is 7.80. The van der Waals surface area contributed by atoms with E-state index in [0.717, 1.165) is 17.8 Å². The maximum absolute atomic E-state index is 13.2. The molecule has 2 N–H and O–H groups in total. The van der Waals surface area contributed by atoms with Crippen molar-refractivity contribution in [3.05, 3.63) is 51.0 Å². The molecular weight excluding hydrogens is 359 g/mol. The van der Waals surface area contributed by atoms with Crippen LogP contribution in [0, 0.1) is 5.82 Å². The van der Waals surface area contributed by atoms with Crippen LogP contribution < -0.4 is 5.73 Å². The molecule has 0 saturated carbocycles. The summed E-state index contributed by atoms with van der Waals surface area (Å²) in [4.78, 5) is 2.05. The second-order valence-corrected chi connectivity index (χ2v) is 6.31. The minimum Gasteiger partial charge on any atom is -0.319 e. The number of hydrogen-bond acceptors (Lipinski definition) is 3. The Morgan fingerprint density at radius 2 is 2.19 bits per heavy atom. The highest BCUT2D eigenvalue weighted by Gasteiger charge is 2.20. The number of rotatable bonds is 5. The summed E-state index contributed by atoms with van der Waals surface area (Å²) in [6.07, 6.45) is 1.59. The van der Waals surface area contributed by atoms with Gasteiger partial charge in [-0.15, -0.1) is 0 Å². The smallest absolute Gasteiger partial charge is 0.124 e. The van der Waals surface area contributed by atoms with Crippen LogP contribution in [-0.2, 0) is 6.54 Å². The van der Waals surface area contributed by atoms with Crippen molar-refractivity contribution in [2.45, 2.75) is 12.6 Å². The number of benzene rings is 1. The van der Waals surface area contributed by atoms with Crippen molar-refractivity contribution in [2.75, 3.05) is 20.6 Å². The first-order chi connectivity index (χ1) is 9.90. The molecule has 1 aromatic carbocycles. The van der Waals surface area contributed by atoms with E-state index in [1.807, 2.05) is 14.1 Å². The van der Waals surface area contributed by atoms with Gasteiger partial charge in [0.25, 0.3) is 0 Å². The third-order valence-electron chi connectivity index (χ3n) is 3.18. The average molecular weight is 376 g/mol. The minimum atomic E-state index is -0.475. The van der Waals surface area contributed by atoms with Gasteiger partial charge in [-0.2, -0.15) is 5.10 Å². The van der Waals surface area contributed by atoms with Crippen molar-refractivity contribution in [1.29, 1.82) is 0 Å². The lowest BCUT2D eigenvalue weighted by Crippen LogP contribution is -2.23. The number of hydrogen-bond donors (Lipinski definition) is 1. The summed E-state index contributed by atoms with van der Waals surface area (Å²) in [7, 11) is 3.97. The van der Waals surface area contributed by atoms with Crippen LogP contribution in [0.2, 0.25) is 5.02 Å². The van der Waals surface area contributed by atoms with E-state index >= 15 is 0 Å². The number of aromatic nitrogens is 2. The molecule has 0 bridgehead atoms. The molecule has 0 amide bonds. The molecule has 114 valence electrons. The highest BCUT2D eigenvalue weighted by molar-refractivity contribution is 9.10. The molecular formula is C14H17BrClFN4. The van der Waals surface area contributed by atoms with Crippen molar-refractivity contribution in [3.8, 4) is 0 Å². The van der Waals surface area contributed by atoms with Crippen molar-refractivity contribution in [1.82, 2.24) is 14.7 Å². The molecule has 7 heteroatoms. The molecule has 0 radical (unpaired) electrons. The zero-order valence-electron chi connectivity index (χ0n) is 11.9. The fourth-order valence-corrected chi connectivity index (χ4v) is 2.91. The van der Waals surface area contributed by atoms with Gasteiger partial charge in [-0.05, 0) is 31.8 Å². The van der Waals surface area contributed by atoms with Crippen LogP contribution in [-0.4, -0.2) is 35.3 Å². The van der Waals surface area contributed by atoms with Crippen molar-refractivity contribution < 1.29 is 4.39 Å². The topological polar surface area (TPSA) is 47.1 Å². The van der Waals surface area contributed by atoms with E-state index in [2.05, 4.69) is 25.9 Å². The Labute approximate surface area is 136 Å². The normalized spacial score (nSPS) is 12.9. The summed E-state index contributed by atoms with van der Waals surface area (Å²) in [6, 6.07) is 3.96. The second-order valence-electron chi connectivity index (χ2n) is 5.05. The maximum Gasteiger partial charge on any atom is 0.124 e. The molecule has 21 heavy (non-hydrogen) atoms. The third-order valence-corrected chi connectivity index (χ3v) is 4.16. The lowest BCUT2D eigenvalue weighted by atomic mass is 10.0. The number of halogens is 3. The van der Waals surface area contributed by atoms with E-state index in [9.17, 15) is 4.39 Å². The molecule has 1 aromatic heterocycles. The molecule has 2 aromatic rings. The van der Waals surface area contributed by atoms with E-state index in [4.69, 9.17) is 17.3 Å². The molecule has 1 heterocycles. The Morgan fingerprint density at radius 1 is 1.48 bits per heavy atom. The van der Waals surface area contributed by atoms with Gasteiger partial charge in [0, 0.05) is 11.0 Å². The largest absolute Gasteiger partial charge is 0.319 e. The van der Waals surface area contributed by atoms with E-state index in [1.165, 1.54) is 12.1 Å². The summed E-state index contributed by atoms with van der Waals surface area (Å²) in [6.45, 7) is 1.50. The van der Waals surface area contributed by atoms with Gasteiger partial charge in [-0.3, -0.25) is 4.68 Å². The van der Waals surface area contributed by atoms with Gasteiger partial charge in [-0.1, -0.05) is 33.6 Å². The van der Waals surface area contributed by atoms with Crippen LogP contribution in [0.1, 0.15) is 17.3 Å². The van der Waals surface area contributed by atoms with Crippen molar-refractivity contribution >= 4 is 27.5 Å². The molecule has 0 fully saturated rings. The Hall–Kier alpha value is -0.950. The van der Waals surface area contributed by atoms with Crippen LogP contribution in [0.4, 0.5) is 4.39 Å². The standard InChI is InChI=1S/C14H17BrClFN4/c1-20(2)5-6-21-14(12(16)8-19-21)13(18)10-4-3-9(17)7-11(10)15/h3-4,7-8,13H,5-6,18H2,1-2H3. The zero-order chi connectivity index (χ0) is 15.6. The number of likely N-dealkylation sites (N-methyl/N-ethyl adjacent to an activating group) is 1.